The third-order valence-electron chi connectivity index (χ3n) is 3.94. The molecule has 0 saturated heterocycles. The number of carbonyl (C=O) groups is 2. The van der Waals surface area contributed by atoms with Crippen molar-refractivity contribution in [3.63, 3.8) is 0 Å². The molecule has 0 N–H and O–H groups in total. The molecular formula is C16H30O5. The molecule has 0 aromatic carbocycles. The van der Waals surface area contributed by atoms with Gasteiger partial charge in [-0.3, -0.25) is 9.59 Å². The lowest BCUT2D eigenvalue weighted by Crippen LogP contribution is -2.47. The predicted molar refractivity (Wildman–Crippen MR) is 80.9 cm³/mol. The second-order valence-electron chi connectivity index (χ2n) is 6.03. The van der Waals surface area contributed by atoms with Crippen LogP contribution in [0.5, 0.6) is 0 Å². The molecule has 0 aliphatic heterocycles. The normalized spacial score (nSPS) is 12.4. The first-order valence-corrected chi connectivity index (χ1v) is 7.57. The highest BCUT2D eigenvalue weighted by atomic mass is 16.6. The third kappa shape index (κ3) is 4.99. The summed E-state index contributed by atoms with van der Waals surface area (Å²) in [6.45, 7) is 11.5. The molecule has 0 aliphatic carbocycles. The highest BCUT2D eigenvalue weighted by Crippen LogP contribution is 2.38. The minimum Gasteiger partial charge on any atom is -0.465 e. The average Bonchev–Trinajstić information content (AvgIpc) is 2.39. The smallest absolute Gasteiger partial charge is 0.323 e. The van der Waals surface area contributed by atoms with Crippen LogP contribution >= 0.6 is 0 Å². The molecule has 21 heavy (non-hydrogen) atoms. The lowest BCUT2D eigenvalue weighted by molar-refractivity contribution is -0.177. The van der Waals surface area contributed by atoms with E-state index in [-0.39, 0.29) is 19.1 Å². The number of esters is 2. The molecule has 0 fully saturated rings. The van der Waals surface area contributed by atoms with E-state index in [1.165, 1.54) is 0 Å². The lowest BCUT2D eigenvalue weighted by atomic mass is 9.72. The van der Waals surface area contributed by atoms with Gasteiger partial charge in [0.05, 0.1) is 18.8 Å². The molecule has 0 saturated carbocycles. The van der Waals surface area contributed by atoms with Gasteiger partial charge in [-0.2, -0.15) is 0 Å². The number of hydrogen-bond donors (Lipinski definition) is 0. The summed E-state index contributed by atoms with van der Waals surface area (Å²) in [6, 6.07) is 0. The summed E-state index contributed by atoms with van der Waals surface area (Å²) in [5.74, 6) is -1.24. The van der Waals surface area contributed by atoms with Crippen molar-refractivity contribution in [3.8, 4) is 0 Å². The van der Waals surface area contributed by atoms with E-state index in [1.807, 2.05) is 27.7 Å². The fraction of sp³-hybridized carbons (Fsp3) is 0.875. The molecule has 0 aromatic rings. The van der Waals surface area contributed by atoms with Gasteiger partial charge in [-0.1, -0.05) is 13.8 Å². The van der Waals surface area contributed by atoms with Crippen LogP contribution in [0, 0.1) is 11.3 Å². The molecule has 0 atom stereocenters. The zero-order valence-corrected chi connectivity index (χ0v) is 14.4. The molecular weight excluding hydrogens is 272 g/mol. The van der Waals surface area contributed by atoms with Crippen LogP contribution in [0.25, 0.3) is 0 Å². The van der Waals surface area contributed by atoms with E-state index in [9.17, 15) is 9.59 Å². The van der Waals surface area contributed by atoms with Crippen molar-refractivity contribution >= 4 is 11.9 Å². The molecule has 0 amide bonds. The Kier molecular flexibility index (Phi) is 7.93. The lowest BCUT2D eigenvalue weighted by Gasteiger charge is -2.35. The number of rotatable bonds is 9. The first-order chi connectivity index (χ1) is 9.67. The van der Waals surface area contributed by atoms with E-state index in [4.69, 9.17) is 14.2 Å². The Labute approximate surface area is 128 Å². The van der Waals surface area contributed by atoms with Gasteiger partial charge >= 0.3 is 11.9 Å². The quantitative estimate of drug-likeness (QED) is 0.484. The first-order valence-electron chi connectivity index (χ1n) is 7.57. The SMILES string of the molecule is CCOC(=O)C(CCC(C)(C)OC)(C(=O)OCC)C(C)C. The van der Waals surface area contributed by atoms with Crippen molar-refractivity contribution in [2.75, 3.05) is 20.3 Å². The van der Waals surface area contributed by atoms with Gasteiger partial charge in [-0.05, 0) is 46.5 Å². The van der Waals surface area contributed by atoms with Crippen molar-refractivity contribution < 1.29 is 23.8 Å². The summed E-state index contributed by atoms with van der Waals surface area (Å²) in [6.07, 6.45) is 0.891. The van der Waals surface area contributed by atoms with Gasteiger partial charge in [0.15, 0.2) is 5.41 Å². The molecule has 5 nitrogen and oxygen atoms in total. The van der Waals surface area contributed by atoms with Crippen molar-refractivity contribution in [3.05, 3.63) is 0 Å². The van der Waals surface area contributed by atoms with E-state index in [2.05, 4.69) is 0 Å². The van der Waals surface area contributed by atoms with E-state index in [0.29, 0.717) is 12.8 Å². The average molecular weight is 302 g/mol. The van der Waals surface area contributed by atoms with Crippen LogP contribution in [0.1, 0.15) is 54.4 Å². The zero-order valence-electron chi connectivity index (χ0n) is 14.4. The molecule has 0 unspecified atom stereocenters. The largest absolute Gasteiger partial charge is 0.465 e. The molecule has 5 heteroatoms. The van der Waals surface area contributed by atoms with Crippen LogP contribution in [-0.4, -0.2) is 37.9 Å². The van der Waals surface area contributed by atoms with Gasteiger partial charge in [0.1, 0.15) is 0 Å². The first kappa shape index (κ1) is 19.9. The minimum atomic E-state index is -1.28. The van der Waals surface area contributed by atoms with Crippen molar-refractivity contribution in [1.29, 1.82) is 0 Å². The Morgan fingerprint density at radius 1 is 0.952 bits per heavy atom. The summed E-state index contributed by atoms with van der Waals surface area (Å²) in [5.41, 5.74) is -1.69. The Morgan fingerprint density at radius 2 is 1.38 bits per heavy atom. The Bertz CT molecular complexity index is 329. The van der Waals surface area contributed by atoms with Crippen molar-refractivity contribution in [1.82, 2.24) is 0 Å². The topological polar surface area (TPSA) is 61.8 Å². The molecule has 0 spiro atoms. The highest BCUT2D eigenvalue weighted by molar-refractivity contribution is 6.00. The fourth-order valence-corrected chi connectivity index (χ4v) is 2.17. The van der Waals surface area contributed by atoms with E-state index in [0.717, 1.165) is 0 Å². The van der Waals surface area contributed by atoms with E-state index in [1.54, 1.807) is 21.0 Å². The van der Waals surface area contributed by atoms with Gasteiger partial charge in [0.2, 0.25) is 0 Å². The number of methoxy groups -OCH3 is 1. The standard InChI is InChI=1S/C16H30O5/c1-8-20-13(17)16(12(3)4,14(18)21-9-2)11-10-15(5,6)19-7/h12H,8-11H2,1-7H3. The van der Waals surface area contributed by atoms with Gasteiger partial charge in [0, 0.05) is 7.11 Å². The van der Waals surface area contributed by atoms with Crippen LogP contribution in [0.15, 0.2) is 0 Å². The van der Waals surface area contributed by atoms with Crippen molar-refractivity contribution in [2.24, 2.45) is 11.3 Å². The maximum Gasteiger partial charge on any atom is 0.323 e. The number of ether oxygens (including phenoxy) is 3. The Morgan fingerprint density at radius 3 is 1.67 bits per heavy atom. The maximum absolute atomic E-state index is 12.5. The van der Waals surface area contributed by atoms with Gasteiger partial charge < -0.3 is 14.2 Å². The van der Waals surface area contributed by atoms with Gasteiger partial charge in [-0.25, -0.2) is 0 Å². The molecule has 0 rings (SSSR count). The summed E-state index contributed by atoms with van der Waals surface area (Å²) in [5, 5.41) is 0. The molecule has 0 aromatic heterocycles. The zero-order chi connectivity index (χ0) is 16.7. The summed E-state index contributed by atoms with van der Waals surface area (Å²) < 4.78 is 15.7. The second-order valence-corrected chi connectivity index (χ2v) is 6.03. The van der Waals surface area contributed by atoms with Crippen LogP contribution < -0.4 is 0 Å². The molecule has 0 radical (unpaired) electrons. The highest BCUT2D eigenvalue weighted by Gasteiger charge is 2.51. The summed E-state index contributed by atoms with van der Waals surface area (Å²) in [7, 11) is 1.62. The fourth-order valence-electron chi connectivity index (χ4n) is 2.17. The summed E-state index contributed by atoms with van der Waals surface area (Å²) >= 11 is 0. The Balaban J connectivity index is 5.48. The number of carbonyl (C=O) groups excluding carboxylic acids is 2. The molecule has 124 valence electrons. The van der Waals surface area contributed by atoms with Crippen molar-refractivity contribution in [2.45, 2.75) is 60.0 Å². The van der Waals surface area contributed by atoms with Crippen LogP contribution in [0.2, 0.25) is 0 Å². The molecule has 0 aliphatic rings. The van der Waals surface area contributed by atoms with Gasteiger partial charge in [0.25, 0.3) is 0 Å². The molecule has 0 bridgehead atoms. The second kappa shape index (κ2) is 8.37. The van der Waals surface area contributed by atoms with E-state index < -0.39 is 23.0 Å². The maximum atomic E-state index is 12.5. The predicted octanol–water partition coefficient (Wildman–Crippen LogP) is 2.96. The van der Waals surface area contributed by atoms with E-state index >= 15 is 0 Å². The minimum absolute atomic E-state index is 0.219. The number of hydrogen-bond acceptors (Lipinski definition) is 5. The third-order valence-corrected chi connectivity index (χ3v) is 3.94. The van der Waals surface area contributed by atoms with Gasteiger partial charge in [-0.15, -0.1) is 0 Å². The van der Waals surface area contributed by atoms with Crippen LogP contribution in [0.4, 0.5) is 0 Å². The van der Waals surface area contributed by atoms with Crippen LogP contribution in [-0.2, 0) is 23.8 Å². The Hall–Kier alpha value is -1.10. The monoisotopic (exact) mass is 302 g/mol. The van der Waals surface area contributed by atoms with Crippen LogP contribution in [0.3, 0.4) is 0 Å². The summed E-state index contributed by atoms with van der Waals surface area (Å²) in [4.78, 5) is 24.9. The molecule has 0 heterocycles.